The van der Waals surface area contributed by atoms with Crippen molar-refractivity contribution in [1.29, 1.82) is 5.26 Å². The van der Waals surface area contributed by atoms with Gasteiger partial charge in [-0.05, 0) is 12.8 Å². The summed E-state index contributed by atoms with van der Waals surface area (Å²) in [4.78, 5) is 24.2. The maximum Gasteiger partial charge on any atom is 0.303 e. The molecule has 0 spiro atoms. The van der Waals surface area contributed by atoms with E-state index in [1.54, 1.807) is 0 Å². The van der Waals surface area contributed by atoms with Gasteiger partial charge in [0.1, 0.15) is 23.6 Å². The molecule has 8 nitrogen and oxygen atoms in total. The van der Waals surface area contributed by atoms with E-state index in [4.69, 9.17) is 10.4 Å². The number of carboxylic acid groups (broad SMARTS) is 1. The summed E-state index contributed by atoms with van der Waals surface area (Å²) in [5.41, 5.74) is -0.0825. The van der Waals surface area contributed by atoms with E-state index in [1.165, 1.54) is 6.07 Å². The third kappa shape index (κ3) is 5.86. The first kappa shape index (κ1) is 16.4. The van der Waals surface area contributed by atoms with Gasteiger partial charge in [-0.3, -0.25) is 14.9 Å². The SMILES string of the molecule is N#Cc1cc([N+](=O)[O-])cnc1NCCCCCCC(=O)O. The second-order valence-corrected chi connectivity index (χ2v) is 4.44. The van der Waals surface area contributed by atoms with Crippen molar-refractivity contribution >= 4 is 17.5 Å². The average Bonchev–Trinajstić information content (AvgIpc) is 2.45. The quantitative estimate of drug-likeness (QED) is 0.405. The van der Waals surface area contributed by atoms with Gasteiger partial charge in [-0.15, -0.1) is 0 Å². The lowest BCUT2D eigenvalue weighted by molar-refractivity contribution is -0.385. The molecule has 0 saturated carbocycles. The van der Waals surface area contributed by atoms with E-state index >= 15 is 0 Å². The first-order valence-electron chi connectivity index (χ1n) is 6.55. The normalized spacial score (nSPS) is 9.86. The number of nitriles is 1. The highest BCUT2D eigenvalue weighted by atomic mass is 16.6. The molecule has 1 heterocycles. The lowest BCUT2D eigenvalue weighted by Gasteiger charge is -2.06. The highest BCUT2D eigenvalue weighted by molar-refractivity contribution is 5.66. The van der Waals surface area contributed by atoms with E-state index in [1.807, 2.05) is 6.07 Å². The Hall–Kier alpha value is -2.69. The van der Waals surface area contributed by atoms with Gasteiger partial charge >= 0.3 is 5.97 Å². The van der Waals surface area contributed by atoms with E-state index in [2.05, 4.69) is 10.3 Å². The van der Waals surface area contributed by atoms with Gasteiger partial charge in [-0.2, -0.15) is 5.26 Å². The Balaban J connectivity index is 2.37. The molecule has 1 aromatic heterocycles. The highest BCUT2D eigenvalue weighted by Crippen LogP contribution is 2.18. The first-order valence-corrected chi connectivity index (χ1v) is 6.55. The minimum Gasteiger partial charge on any atom is -0.481 e. The third-order valence-electron chi connectivity index (χ3n) is 2.81. The largest absolute Gasteiger partial charge is 0.481 e. The second kappa shape index (κ2) is 8.47. The molecular weight excluding hydrogens is 276 g/mol. The van der Waals surface area contributed by atoms with Crippen LogP contribution in [0.25, 0.3) is 0 Å². The van der Waals surface area contributed by atoms with Crippen molar-refractivity contribution in [3.8, 4) is 6.07 Å². The number of anilines is 1. The van der Waals surface area contributed by atoms with Crippen LogP contribution in [0.4, 0.5) is 11.5 Å². The smallest absolute Gasteiger partial charge is 0.303 e. The van der Waals surface area contributed by atoms with Gasteiger partial charge in [0, 0.05) is 19.0 Å². The zero-order valence-corrected chi connectivity index (χ0v) is 11.4. The Labute approximate surface area is 121 Å². The molecule has 0 bridgehead atoms. The molecule has 1 rings (SSSR count). The molecule has 21 heavy (non-hydrogen) atoms. The number of pyridine rings is 1. The predicted molar refractivity (Wildman–Crippen MR) is 74.8 cm³/mol. The van der Waals surface area contributed by atoms with Crippen LogP contribution < -0.4 is 5.32 Å². The van der Waals surface area contributed by atoms with Gasteiger partial charge in [-0.25, -0.2) is 4.98 Å². The summed E-state index contributed by atoms with van der Waals surface area (Å²) in [5.74, 6) is -0.462. The number of nitrogens with zero attached hydrogens (tertiary/aromatic N) is 3. The summed E-state index contributed by atoms with van der Waals surface area (Å²) in [6.45, 7) is 0.576. The fourth-order valence-electron chi connectivity index (χ4n) is 1.74. The van der Waals surface area contributed by atoms with Crippen LogP contribution in [0.3, 0.4) is 0 Å². The van der Waals surface area contributed by atoms with Gasteiger partial charge in [0.25, 0.3) is 5.69 Å². The Kier molecular flexibility index (Phi) is 6.60. The molecule has 8 heteroatoms. The van der Waals surface area contributed by atoms with Crippen molar-refractivity contribution in [3.63, 3.8) is 0 Å². The van der Waals surface area contributed by atoms with Crippen LogP contribution in [0, 0.1) is 21.4 Å². The van der Waals surface area contributed by atoms with E-state index < -0.39 is 10.9 Å². The molecule has 1 aromatic rings. The monoisotopic (exact) mass is 292 g/mol. The predicted octanol–water partition coefficient (Wildman–Crippen LogP) is 2.31. The molecule has 0 unspecified atom stereocenters. The van der Waals surface area contributed by atoms with Crippen LogP contribution in [0.15, 0.2) is 12.3 Å². The summed E-state index contributed by atoms with van der Waals surface area (Å²) in [6, 6.07) is 3.05. The summed E-state index contributed by atoms with van der Waals surface area (Å²) < 4.78 is 0. The Morgan fingerprint density at radius 1 is 1.43 bits per heavy atom. The lowest BCUT2D eigenvalue weighted by Crippen LogP contribution is -2.06. The molecule has 0 aromatic carbocycles. The number of unbranched alkanes of at least 4 members (excludes halogenated alkanes) is 3. The van der Waals surface area contributed by atoms with Crippen LogP contribution in [0.1, 0.15) is 37.7 Å². The molecule has 0 atom stereocenters. The van der Waals surface area contributed by atoms with Crippen molar-refractivity contribution in [3.05, 3.63) is 27.9 Å². The van der Waals surface area contributed by atoms with E-state index in [-0.39, 0.29) is 17.7 Å². The molecule has 0 aliphatic rings. The number of aromatic nitrogens is 1. The fourth-order valence-corrected chi connectivity index (χ4v) is 1.74. The molecule has 0 aliphatic heterocycles. The zero-order valence-electron chi connectivity index (χ0n) is 11.4. The summed E-state index contributed by atoms with van der Waals surface area (Å²) >= 11 is 0. The maximum atomic E-state index is 10.6. The number of nitrogens with one attached hydrogen (secondary N) is 1. The Morgan fingerprint density at radius 2 is 2.14 bits per heavy atom. The van der Waals surface area contributed by atoms with Crippen molar-refractivity contribution in [2.75, 3.05) is 11.9 Å². The summed E-state index contributed by atoms with van der Waals surface area (Å²) in [6.07, 6.45) is 4.44. The molecule has 0 fully saturated rings. The molecule has 0 amide bonds. The zero-order chi connectivity index (χ0) is 15.7. The number of rotatable bonds is 9. The van der Waals surface area contributed by atoms with Crippen molar-refractivity contribution in [2.45, 2.75) is 32.1 Å². The van der Waals surface area contributed by atoms with E-state index in [9.17, 15) is 14.9 Å². The molecule has 0 aliphatic carbocycles. The van der Waals surface area contributed by atoms with Crippen LogP contribution in [-0.2, 0) is 4.79 Å². The van der Waals surface area contributed by atoms with Crippen LogP contribution in [0.2, 0.25) is 0 Å². The lowest BCUT2D eigenvalue weighted by atomic mass is 10.1. The standard InChI is InChI=1S/C13H16N4O4/c14-8-10-7-11(17(20)21)9-16-13(10)15-6-4-2-1-3-5-12(18)19/h7,9H,1-6H2,(H,15,16)(H,18,19). The molecule has 2 N–H and O–H groups in total. The highest BCUT2D eigenvalue weighted by Gasteiger charge is 2.11. The first-order chi connectivity index (χ1) is 10.0. The van der Waals surface area contributed by atoms with Gasteiger partial charge in [0.15, 0.2) is 0 Å². The Morgan fingerprint density at radius 3 is 2.76 bits per heavy atom. The average molecular weight is 292 g/mol. The number of aliphatic carboxylic acids is 1. The number of carboxylic acids is 1. The number of carbonyl (C=O) groups is 1. The van der Waals surface area contributed by atoms with Crippen molar-refractivity contribution < 1.29 is 14.8 Å². The molecule has 0 saturated heterocycles. The van der Waals surface area contributed by atoms with Gasteiger partial charge in [0.2, 0.25) is 0 Å². The topological polar surface area (TPSA) is 129 Å². The summed E-state index contributed by atoms with van der Waals surface area (Å²) in [5, 5.41) is 31.0. The van der Waals surface area contributed by atoms with Crippen molar-refractivity contribution in [1.82, 2.24) is 4.98 Å². The number of nitro groups is 1. The second-order valence-electron chi connectivity index (χ2n) is 4.44. The van der Waals surface area contributed by atoms with Crippen molar-refractivity contribution in [2.24, 2.45) is 0 Å². The minimum absolute atomic E-state index is 0.134. The molecule has 112 valence electrons. The van der Waals surface area contributed by atoms with E-state index in [0.29, 0.717) is 18.8 Å². The number of hydrogen-bond donors (Lipinski definition) is 2. The van der Waals surface area contributed by atoms with Gasteiger partial charge < -0.3 is 10.4 Å². The number of hydrogen-bond acceptors (Lipinski definition) is 6. The van der Waals surface area contributed by atoms with Crippen LogP contribution >= 0.6 is 0 Å². The van der Waals surface area contributed by atoms with Gasteiger partial charge in [-0.1, -0.05) is 12.8 Å². The van der Waals surface area contributed by atoms with Gasteiger partial charge in [0.05, 0.1) is 4.92 Å². The molecular formula is C13H16N4O4. The van der Waals surface area contributed by atoms with Crippen LogP contribution in [0.5, 0.6) is 0 Å². The third-order valence-corrected chi connectivity index (χ3v) is 2.81. The minimum atomic E-state index is -0.790. The fraction of sp³-hybridized carbons (Fsp3) is 0.462. The Bertz CT molecular complexity index is 554. The molecule has 0 radical (unpaired) electrons. The van der Waals surface area contributed by atoms with E-state index in [0.717, 1.165) is 25.5 Å². The summed E-state index contributed by atoms with van der Waals surface area (Å²) in [7, 11) is 0. The van der Waals surface area contributed by atoms with Crippen LogP contribution in [-0.4, -0.2) is 27.5 Å². The maximum absolute atomic E-state index is 10.6.